The summed E-state index contributed by atoms with van der Waals surface area (Å²) in [6, 6.07) is -0.255. The zero-order valence-corrected chi connectivity index (χ0v) is 9.36. The summed E-state index contributed by atoms with van der Waals surface area (Å²) in [4.78, 5) is 0. The van der Waals surface area contributed by atoms with Crippen LogP contribution in [0.25, 0.3) is 0 Å². The normalized spacial score (nSPS) is 13.1. The lowest BCUT2D eigenvalue weighted by Gasteiger charge is -2.14. The van der Waals surface area contributed by atoms with Gasteiger partial charge in [0.2, 0.25) is 0 Å². The first-order valence-corrected chi connectivity index (χ1v) is 4.29. The smallest absolute Gasteiger partial charge is 0.406 e. The Balaban J connectivity index is 0.00000289. The fourth-order valence-corrected chi connectivity index (χ4v) is 1.11. The molecule has 0 radical (unpaired) electrons. The molecule has 0 fully saturated rings. The lowest BCUT2D eigenvalue weighted by atomic mass is 10.1. The van der Waals surface area contributed by atoms with Crippen molar-refractivity contribution in [3.8, 4) is 5.75 Å². The van der Waals surface area contributed by atoms with E-state index >= 15 is 0 Å². The van der Waals surface area contributed by atoms with Gasteiger partial charge in [0.15, 0.2) is 0 Å². The van der Waals surface area contributed by atoms with Crippen molar-refractivity contribution in [2.24, 2.45) is 5.73 Å². The lowest BCUT2D eigenvalue weighted by Crippen LogP contribution is -2.21. The molecule has 1 aromatic carbocycles. The van der Waals surface area contributed by atoms with E-state index in [0.29, 0.717) is 18.2 Å². The van der Waals surface area contributed by atoms with E-state index in [2.05, 4.69) is 4.74 Å². The average Bonchev–Trinajstić information content (AvgIpc) is 2.17. The molecular weight excluding hydrogens is 288 g/mol. The van der Waals surface area contributed by atoms with E-state index in [0.717, 1.165) is 0 Å². The summed E-state index contributed by atoms with van der Waals surface area (Å²) < 4.78 is 76.5. The number of alkyl halides is 5. The Labute approximate surface area is 104 Å². The van der Waals surface area contributed by atoms with E-state index in [4.69, 9.17) is 5.73 Å². The Morgan fingerprint density at radius 1 is 1.17 bits per heavy atom. The third-order valence-corrected chi connectivity index (χ3v) is 1.83. The molecule has 0 saturated heterocycles. The second kappa shape index (κ2) is 6.14. The largest absolute Gasteiger partial charge is 0.573 e. The van der Waals surface area contributed by atoms with Crippen LogP contribution < -0.4 is 10.5 Å². The van der Waals surface area contributed by atoms with E-state index in [1.54, 1.807) is 0 Å². The van der Waals surface area contributed by atoms with Gasteiger partial charge in [-0.15, -0.1) is 25.6 Å². The molecular formula is C9H8ClF6NO. The number of rotatable bonds is 3. The standard InChI is InChI=1S/C9H7F6NO.ClH/c10-6-2-1-4(17-9(13,14)15)3-5(6)7(16)8(11)12;/h1-3,7-8H,16H2;1H/t7-;/m0./s1. The van der Waals surface area contributed by atoms with Crippen LogP contribution in [0.4, 0.5) is 26.3 Å². The van der Waals surface area contributed by atoms with Gasteiger partial charge >= 0.3 is 6.36 Å². The van der Waals surface area contributed by atoms with Crippen LogP contribution in [0.2, 0.25) is 0 Å². The minimum atomic E-state index is -4.98. The number of nitrogens with two attached hydrogens (primary N) is 1. The number of hydrogen-bond acceptors (Lipinski definition) is 2. The van der Waals surface area contributed by atoms with Crippen LogP contribution in [0.5, 0.6) is 5.75 Å². The fourth-order valence-electron chi connectivity index (χ4n) is 1.11. The molecule has 0 amide bonds. The van der Waals surface area contributed by atoms with Crippen molar-refractivity contribution in [2.45, 2.75) is 18.8 Å². The first-order chi connectivity index (χ1) is 7.70. The monoisotopic (exact) mass is 295 g/mol. The third-order valence-electron chi connectivity index (χ3n) is 1.83. The Morgan fingerprint density at radius 3 is 2.17 bits per heavy atom. The van der Waals surface area contributed by atoms with Crippen LogP contribution in [0.3, 0.4) is 0 Å². The van der Waals surface area contributed by atoms with Crippen molar-refractivity contribution in [3.05, 3.63) is 29.6 Å². The predicted octanol–water partition coefficient (Wildman–Crippen LogP) is 3.41. The van der Waals surface area contributed by atoms with Gasteiger partial charge in [-0.2, -0.15) is 0 Å². The first kappa shape index (κ1) is 16.9. The quantitative estimate of drug-likeness (QED) is 0.867. The second-order valence-electron chi connectivity index (χ2n) is 3.09. The molecule has 0 spiro atoms. The van der Waals surface area contributed by atoms with Gasteiger partial charge in [-0.05, 0) is 18.2 Å². The van der Waals surface area contributed by atoms with Crippen molar-refractivity contribution in [1.82, 2.24) is 0 Å². The molecule has 0 aliphatic carbocycles. The van der Waals surface area contributed by atoms with Gasteiger partial charge in [-0.3, -0.25) is 0 Å². The highest BCUT2D eigenvalue weighted by Gasteiger charge is 2.32. The van der Waals surface area contributed by atoms with Crippen molar-refractivity contribution in [1.29, 1.82) is 0 Å². The molecule has 1 aromatic rings. The summed E-state index contributed by atoms with van der Waals surface area (Å²) in [5, 5.41) is 0. The van der Waals surface area contributed by atoms with Crippen molar-refractivity contribution >= 4 is 12.4 Å². The van der Waals surface area contributed by atoms with Crippen LogP contribution >= 0.6 is 12.4 Å². The van der Waals surface area contributed by atoms with Gasteiger partial charge < -0.3 is 10.5 Å². The molecule has 0 aromatic heterocycles. The SMILES string of the molecule is Cl.N[C@@H](c1cc(OC(F)(F)F)ccc1F)C(F)F. The highest BCUT2D eigenvalue weighted by atomic mass is 35.5. The van der Waals surface area contributed by atoms with Crippen molar-refractivity contribution in [2.75, 3.05) is 0 Å². The Morgan fingerprint density at radius 2 is 1.72 bits per heavy atom. The summed E-state index contributed by atoms with van der Waals surface area (Å²) in [6.07, 6.45) is -8.07. The van der Waals surface area contributed by atoms with E-state index in [1.807, 2.05) is 0 Å². The summed E-state index contributed by atoms with van der Waals surface area (Å²) in [7, 11) is 0. The van der Waals surface area contributed by atoms with Gasteiger partial charge in [0.1, 0.15) is 11.6 Å². The van der Waals surface area contributed by atoms with Crippen LogP contribution in [-0.4, -0.2) is 12.8 Å². The number of benzene rings is 1. The third kappa shape index (κ3) is 4.61. The minimum absolute atomic E-state index is 0. The molecule has 1 atom stereocenters. The maximum atomic E-state index is 13.1. The molecule has 0 aliphatic rings. The Hall–Kier alpha value is -1.15. The molecule has 0 aliphatic heterocycles. The van der Waals surface area contributed by atoms with Crippen LogP contribution in [0.1, 0.15) is 11.6 Å². The van der Waals surface area contributed by atoms with Crippen LogP contribution in [0.15, 0.2) is 18.2 Å². The van der Waals surface area contributed by atoms with E-state index in [-0.39, 0.29) is 12.4 Å². The van der Waals surface area contributed by atoms with Crippen molar-refractivity contribution in [3.63, 3.8) is 0 Å². The topological polar surface area (TPSA) is 35.2 Å². The summed E-state index contributed by atoms with van der Waals surface area (Å²) >= 11 is 0. The maximum absolute atomic E-state index is 13.1. The summed E-state index contributed by atoms with van der Waals surface area (Å²) in [5.74, 6) is -1.92. The van der Waals surface area contributed by atoms with Gasteiger partial charge in [0.25, 0.3) is 6.43 Å². The Kier molecular flexibility index (Phi) is 5.75. The Bertz CT molecular complexity index is 397. The second-order valence-corrected chi connectivity index (χ2v) is 3.09. The molecule has 2 N–H and O–H groups in total. The van der Waals surface area contributed by atoms with Gasteiger partial charge in [-0.1, -0.05) is 0 Å². The van der Waals surface area contributed by atoms with E-state index in [1.165, 1.54) is 0 Å². The van der Waals surface area contributed by atoms with Gasteiger partial charge in [0, 0.05) is 5.56 Å². The summed E-state index contributed by atoms with van der Waals surface area (Å²) in [5.41, 5.74) is 4.21. The van der Waals surface area contributed by atoms with Gasteiger partial charge in [0.05, 0.1) is 6.04 Å². The summed E-state index contributed by atoms with van der Waals surface area (Å²) in [6.45, 7) is 0. The lowest BCUT2D eigenvalue weighted by molar-refractivity contribution is -0.274. The van der Waals surface area contributed by atoms with Gasteiger partial charge in [-0.25, -0.2) is 13.2 Å². The first-order valence-electron chi connectivity index (χ1n) is 4.29. The van der Waals surface area contributed by atoms with Crippen LogP contribution in [-0.2, 0) is 0 Å². The highest BCUT2D eigenvalue weighted by Crippen LogP contribution is 2.28. The van der Waals surface area contributed by atoms with E-state index < -0.39 is 36.0 Å². The molecule has 9 heteroatoms. The fraction of sp³-hybridized carbons (Fsp3) is 0.333. The molecule has 0 heterocycles. The number of hydrogen-bond donors (Lipinski definition) is 1. The molecule has 18 heavy (non-hydrogen) atoms. The average molecular weight is 296 g/mol. The highest BCUT2D eigenvalue weighted by molar-refractivity contribution is 5.85. The number of ether oxygens (including phenoxy) is 1. The zero-order valence-electron chi connectivity index (χ0n) is 8.55. The van der Waals surface area contributed by atoms with E-state index in [9.17, 15) is 26.3 Å². The molecule has 104 valence electrons. The predicted molar refractivity (Wildman–Crippen MR) is 53.3 cm³/mol. The molecule has 2 nitrogen and oxygen atoms in total. The number of halogens is 7. The molecule has 0 bridgehead atoms. The maximum Gasteiger partial charge on any atom is 0.573 e. The van der Waals surface area contributed by atoms with Crippen LogP contribution in [0, 0.1) is 5.82 Å². The van der Waals surface area contributed by atoms with Crippen molar-refractivity contribution < 1.29 is 31.1 Å². The molecule has 0 saturated carbocycles. The zero-order chi connectivity index (χ0) is 13.2. The molecule has 1 rings (SSSR count). The minimum Gasteiger partial charge on any atom is -0.406 e. The molecule has 0 unspecified atom stereocenters.